The van der Waals surface area contributed by atoms with Crippen molar-refractivity contribution in [1.29, 1.82) is 0 Å². The molecule has 1 aliphatic rings. The van der Waals surface area contributed by atoms with Crippen molar-refractivity contribution in [3.05, 3.63) is 40.5 Å². The molecule has 0 amide bonds. The van der Waals surface area contributed by atoms with Crippen LogP contribution in [-0.4, -0.2) is 52.3 Å². The van der Waals surface area contributed by atoms with Gasteiger partial charge in [-0.25, -0.2) is 18.4 Å². The lowest BCUT2D eigenvalue weighted by molar-refractivity contribution is 0.119. The van der Waals surface area contributed by atoms with Crippen molar-refractivity contribution in [3.63, 3.8) is 0 Å². The summed E-state index contributed by atoms with van der Waals surface area (Å²) in [6, 6.07) is 1.37. The number of hydrogen-bond donors (Lipinski definition) is 0. The molecule has 0 aliphatic carbocycles. The van der Waals surface area contributed by atoms with Crippen LogP contribution in [0.2, 0.25) is 0 Å². The molecule has 3 rings (SSSR count). The predicted molar refractivity (Wildman–Crippen MR) is 92.6 cm³/mol. The second kappa shape index (κ2) is 7.94. The van der Waals surface area contributed by atoms with Gasteiger partial charge in [0.15, 0.2) is 6.39 Å². The summed E-state index contributed by atoms with van der Waals surface area (Å²) in [6.45, 7) is 7.28. The van der Waals surface area contributed by atoms with Gasteiger partial charge in [-0.1, -0.05) is 13.8 Å². The summed E-state index contributed by atoms with van der Waals surface area (Å²) >= 11 is 0. The minimum Gasteiger partial charge on any atom is -0.448 e. The molecule has 7 nitrogen and oxygen atoms in total. The van der Waals surface area contributed by atoms with E-state index in [9.17, 15) is 13.6 Å². The molecule has 0 N–H and O–H groups in total. The molecule has 1 fully saturated rings. The number of halogens is 2. The number of nitrogens with zero attached hydrogens (tertiary/aromatic N) is 5. The summed E-state index contributed by atoms with van der Waals surface area (Å²) in [5.74, 6) is 1.21. The van der Waals surface area contributed by atoms with E-state index >= 15 is 0 Å². The van der Waals surface area contributed by atoms with Gasteiger partial charge in [0.2, 0.25) is 0 Å². The molecule has 2 aromatic rings. The van der Waals surface area contributed by atoms with Gasteiger partial charge in [0.05, 0.1) is 17.6 Å². The van der Waals surface area contributed by atoms with Crippen molar-refractivity contribution in [1.82, 2.24) is 19.7 Å². The van der Waals surface area contributed by atoms with E-state index in [0.717, 1.165) is 48.9 Å². The van der Waals surface area contributed by atoms with Crippen LogP contribution in [0.5, 0.6) is 0 Å². The Morgan fingerprint density at radius 2 is 1.96 bits per heavy atom. The molecule has 0 saturated carbocycles. The summed E-state index contributed by atoms with van der Waals surface area (Å²) in [6.07, 6.45) is 0.372. The number of anilines is 1. The Morgan fingerprint density at radius 1 is 1.23 bits per heavy atom. The molecular weight excluding hydrogens is 344 g/mol. The summed E-state index contributed by atoms with van der Waals surface area (Å²) < 4.78 is 31.1. The second-order valence-electron chi connectivity index (χ2n) is 6.71. The van der Waals surface area contributed by atoms with Crippen LogP contribution >= 0.6 is 0 Å². The van der Waals surface area contributed by atoms with Crippen LogP contribution < -0.4 is 10.5 Å². The van der Waals surface area contributed by atoms with Gasteiger partial charge < -0.3 is 9.32 Å². The minimum absolute atomic E-state index is 0.291. The van der Waals surface area contributed by atoms with Crippen LogP contribution in [0.15, 0.2) is 27.9 Å². The highest BCUT2D eigenvalue weighted by Crippen LogP contribution is 2.21. The minimum atomic E-state index is -2.60. The van der Waals surface area contributed by atoms with Crippen molar-refractivity contribution < 1.29 is 13.2 Å². The molecule has 9 heteroatoms. The van der Waals surface area contributed by atoms with E-state index in [0.29, 0.717) is 11.6 Å². The first-order valence-corrected chi connectivity index (χ1v) is 8.69. The molecule has 0 spiro atoms. The summed E-state index contributed by atoms with van der Waals surface area (Å²) in [5.41, 5.74) is 1.13. The van der Waals surface area contributed by atoms with Crippen molar-refractivity contribution in [3.8, 4) is 0 Å². The van der Waals surface area contributed by atoms with E-state index in [1.165, 1.54) is 18.7 Å². The quantitative estimate of drug-likeness (QED) is 0.777. The monoisotopic (exact) mass is 367 g/mol. The number of rotatable bonds is 6. The Morgan fingerprint density at radius 3 is 2.58 bits per heavy atom. The van der Waals surface area contributed by atoms with Gasteiger partial charge in [-0.15, -0.1) is 0 Å². The lowest BCUT2D eigenvalue weighted by atomic mass is 10.1. The third-order valence-corrected chi connectivity index (χ3v) is 4.47. The third-order valence-electron chi connectivity index (χ3n) is 4.47. The summed E-state index contributed by atoms with van der Waals surface area (Å²) in [5, 5.41) is 3.85. The fraction of sp³-hybridized carbons (Fsp3) is 0.588. The third kappa shape index (κ3) is 4.27. The average molecular weight is 367 g/mol. The molecule has 0 bridgehead atoms. The largest absolute Gasteiger partial charge is 0.448 e. The van der Waals surface area contributed by atoms with Crippen LogP contribution in [0.4, 0.5) is 14.5 Å². The highest BCUT2D eigenvalue weighted by molar-refractivity contribution is 5.43. The van der Waals surface area contributed by atoms with Gasteiger partial charge in [-0.2, -0.15) is 5.10 Å². The first-order chi connectivity index (χ1) is 12.4. The molecule has 3 heterocycles. The molecule has 0 unspecified atom stereocenters. The van der Waals surface area contributed by atoms with Gasteiger partial charge in [0.25, 0.3) is 12.0 Å². The fourth-order valence-corrected chi connectivity index (χ4v) is 3.11. The maximum Gasteiger partial charge on any atom is 0.269 e. The smallest absolute Gasteiger partial charge is 0.269 e. The van der Waals surface area contributed by atoms with Gasteiger partial charge in [-0.3, -0.25) is 9.69 Å². The zero-order valence-corrected chi connectivity index (χ0v) is 14.9. The van der Waals surface area contributed by atoms with Crippen molar-refractivity contribution in [2.75, 3.05) is 31.1 Å². The average Bonchev–Trinajstić information content (AvgIpc) is 3.05. The standard InChI is InChI=1S/C17H23F2N5O2/c1-12(2)17-14(20-11-26-17)9-22-3-5-23(6-4-22)13-7-16(25)24(21-8-13)10-15(18)19/h7-8,11-12,15H,3-6,9-10H2,1-2H3. The Labute approximate surface area is 150 Å². The van der Waals surface area contributed by atoms with Crippen molar-refractivity contribution >= 4 is 5.69 Å². The predicted octanol–water partition coefficient (Wildman–Crippen LogP) is 1.94. The van der Waals surface area contributed by atoms with E-state index in [4.69, 9.17) is 4.42 Å². The molecule has 0 atom stereocenters. The Balaban J connectivity index is 1.59. The number of aromatic nitrogens is 3. The van der Waals surface area contributed by atoms with Crippen molar-refractivity contribution in [2.24, 2.45) is 0 Å². The molecular formula is C17H23F2N5O2. The highest BCUT2D eigenvalue weighted by Gasteiger charge is 2.21. The molecule has 1 aliphatic heterocycles. The molecule has 0 radical (unpaired) electrons. The lowest BCUT2D eigenvalue weighted by Gasteiger charge is -2.35. The Hall–Kier alpha value is -2.29. The SMILES string of the molecule is CC(C)c1ocnc1CN1CCN(c2cnn(CC(F)F)c(=O)c2)CC1. The number of piperazine rings is 1. The maximum absolute atomic E-state index is 12.4. The normalized spacial score (nSPS) is 16.0. The van der Waals surface area contributed by atoms with Crippen LogP contribution in [-0.2, 0) is 13.1 Å². The molecule has 142 valence electrons. The fourth-order valence-electron chi connectivity index (χ4n) is 3.11. The number of oxazole rings is 1. The van der Waals surface area contributed by atoms with E-state index < -0.39 is 18.5 Å². The van der Waals surface area contributed by atoms with Gasteiger partial charge >= 0.3 is 0 Å². The second-order valence-corrected chi connectivity index (χ2v) is 6.71. The van der Waals surface area contributed by atoms with Gasteiger partial charge in [-0.05, 0) is 0 Å². The van der Waals surface area contributed by atoms with Gasteiger partial charge in [0, 0.05) is 44.7 Å². The number of alkyl halides is 2. The Bertz CT molecular complexity index is 781. The molecule has 26 heavy (non-hydrogen) atoms. The summed E-state index contributed by atoms with van der Waals surface area (Å²) in [7, 11) is 0. The molecule has 1 saturated heterocycles. The van der Waals surface area contributed by atoms with E-state index in [1.807, 2.05) is 4.90 Å². The van der Waals surface area contributed by atoms with Crippen LogP contribution in [0.3, 0.4) is 0 Å². The van der Waals surface area contributed by atoms with E-state index in [1.54, 1.807) is 0 Å². The topological polar surface area (TPSA) is 67.4 Å². The van der Waals surface area contributed by atoms with Gasteiger partial charge in [0.1, 0.15) is 12.3 Å². The highest BCUT2D eigenvalue weighted by atomic mass is 19.3. The summed E-state index contributed by atoms with van der Waals surface area (Å²) in [4.78, 5) is 20.6. The van der Waals surface area contributed by atoms with E-state index in [2.05, 4.69) is 28.8 Å². The first kappa shape index (κ1) is 18.5. The van der Waals surface area contributed by atoms with Crippen LogP contribution in [0.25, 0.3) is 0 Å². The lowest BCUT2D eigenvalue weighted by Crippen LogP contribution is -2.46. The van der Waals surface area contributed by atoms with Crippen LogP contribution in [0.1, 0.15) is 31.2 Å². The zero-order chi connectivity index (χ0) is 18.7. The van der Waals surface area contributed by atoms with Crippen LogP contribution in [0, 0.1) is 0 Å². The van der Waals surface area contributed by atoms with E-state index in [-0.39, 0.29) is 0 Å². The first-order valence-electron chi connectivity index (χ1n) is 8.69. The number of hydrogen-bond acceptors (Lipinski definition) is 6. The zero-order valence-electron chi connectivity index (χ0n) is 14.9. The molecule has 2 aromatic heterocycles. The molecule has 0 aromatic carbocycles. The van der Waals surface area contributed by atoms with Crippen molar-refractivity contribution in [2.45, 2.75) is 39.3 Å². The Kier molecular flexibility index (Phi) is 5.65. The maximum atomic E-state index is 12.4.